The van der Waals surface area contributed by atoms with E-state index in [2.05, 4.69) is 21.8 Å². The Morgan fingerprint density at radius 2 is 2.06 bits per heavy atom. The van der Waals surface area contributed by atoms with E-state index in [0.717, 1.165) is 37.6 Å². The molecule has 0 radical (unpaired) electrons. The zero-order chi connectivity index (χ0) is 13.1. The molecule has 1 fully saturated rings. The second-order valence-electron chi connectivity index (χ2n) is 5.04. The number of rotatable bonds is 3. The molecule has 1 aliphatic heterocycles. The second-order valence-corrected chi connectivity index (χ2v) is 5.04. The third kappa shape index (κ3) is 2.90. The smallest absolute Gasteiger partial charge is 0.228 e. The Balaban J connectivity index is 2.07. The lowest BCUT2D eigenvalue weighted by molar-refractivity contribution is 0.350. The average molecular weight is 250 g/mol. The van der Waals surface area contributed by atoms with Gasteiger partial charge in [-0.25, -0.2) is 4.98 Å². The number of hydrogen-bond donors (Lipinski definition) is 1. The van der Waals surface area contributed by atoms with Gasteiger partial charge in [0.2, 0.25) is 11.8 Å². The van der Waals surface area contributed by atoms with Gasteiger partial charge in [-0.15, -0.1) is 0 Å². The number of nitrogens with two attached hydrogens (primary N) is 1. The summed E-state index contributed by atoms with van der Waals surface area (Å²) < 4.78 is 5.19. The van der Waals surface area contributed by atoms with Crippen molar-refractivity contribution in [3.63, 3.8) is 0 Å². The molecule has 0 amide bonds. The molecule has 0 aromatic carbocycles. The molecule has 1 aromatic rings. The van der Waals surface area contributed by atoms with Gasteiger partial charge in [-0.05, 0) is 32.6 Å². The van der Waals surface area contributed by atoms with E-state index < -0.39 is 0 Å². The van der Waals surface area contributed by atoms with Crippen LogP contribution in [-0.2, 0) is 0 Å². The standard InChI is InChI=1S/C13H22N4O/c1-9-8-12(18-3)16-13(15-9)17-6-4-11(5-7-17)10(2)14/h8,10-11H,4-7,14H2,1-3H3. The van der Waals surface area contributed by atoms with Crippen molar-refractivity contribution in [2.45, 2.75) is 32.7 Å². The maximum Gasteiger partial charge on any atom is 0.228 e. The van der Waals surface area contributed by atoms with Gasteiger partial charge in [0.15, 0.2) is 0 Å². The molecular weight excluding hydrogens is 228 g/mol. The molecule has 0 spiro atoms. The number of nitrogens with zero attached hydrogens (tertiary/aromatic N) is 3. The summed E-state index contributed by atoms with van der Waals surface area (Å²) in [5.41, 5.74) is 6.89. The number of ether oxygens (including phenoxy) is 1. The summed E-state index contributed by atoms with van der Waals surface area (Å²) in [6.07, 6.45) is 2.22. The zero-order valence-electron chi connectivity index (χ0n) is 11.4. The van der Waals surface area contributed by atoms with Crippen molar-refractivity contribution < 1.29 is 4.74 Å². The first-order valence-corrected chi connectivity index (χ1v) is 6.50. The number of hydrogen-bond acceptors (Lipinski definition) is 5. The summed E-state index contributed by atoms with van der Waals surface area (Å²) in [6.45, 7) is 5.99. The van der Waals surface area contributed by atoms with Gasteiger partial charge in [0.1, 0.15) is 0 Å². The Hall–Kier alpha value is -1.36. The molecule has 2 N–H and O–H groups in total. The average Bonchev–Trinajstić information content (AvgIpc) is 2.38. The molecule has 2 heterocycles. The van der Waals surface area contributed by atoms with E-state index in [0.29, 0.717) is 11.8 Å². The van der Waals surface area contributed by atoms with Gasteiger partial charge < -0.3 is 15.4 Å². The van der Waals surface area contributed by atoms with Gasteiger partial charge in [0.25, 0.3) is 0 Å². The largest absolute Gasteiger partial charge is 0.481 e. The Labute approximate surface area is 108 Å². The van der Waals surface area contributed by atoms with Gasteiger partial charge >= 0.3 is 0 Å². The van der Waals surface area contributed by atoms with E-state index in [1.54, 1.807) is 7.11 Å². The summed E-state index contributed by atoms with van der Waals surface area (Å²) in [5.74, 6) is 2.02. The molecule has 0 aliphatic carbocycles. The van der Waals surface area contributed by atoms with Crippen molar-refractivity contribution in [3.8, 4) is 5.88 Å². The predicted octanol–water partition coefficient (Wildman–Crippen LogP) is 1.36. The quantitative estimate of drug-likeness (QED) is 0.877. The zero-order valence-corrected chi connectivity index (χ0v) is 11.4. The number of methoxy groups -OCH3 is 1. The maximum atomic E-state index is 5.95. The molecule has 0 saturated carbocycles. The molecule has 1 aromatic heterocycles. The fourth-order valence-corrected chi connectivity index (χ4v) is 2.40. The minimum atomic E-state index is 0.278. The van der Waals surface area contributed by atoms with Crippen molar-refractivity contribution in [3.05, 3.63) is 11.8 Å². The molecule has 1 atom stereocenters. The van der Waals surface area contributed by atoms with E-state index in [9.17, 15) is 0 Å². The summed E-state index contributed by atoms with van der Waals surface area (Å²) in [4.78, 5) is 11.1. The summed E-state index contributed by atoms with van der Waals surface area (Å²) in [6, 6.07) is 2.12. The Bertz CT molecular complexity index is 400. The van der Waals surface area contributed by atoms with Gasteiger partial charge in [0, 0.05) is 30.9 Å². The van der Waals surface area contributed by atoms with Crippen LogP contribution in [0, 0.1) is 12.8 Å². The van der Waals surface area contributed by atoms with Gasteiger partial charge in [-0.3, -0.25) is 0 Å². The molecule has 2 rings (SSSR count). The number of aryl methyl sites for hydroxylation is 1. The minimum absolute atomic E-state index is 0.278. The van der Waals surface area contributed by atoms with Crippen LogP contribution >= 0.6 is 0 Å². The van der Waals surface area contributed by atoms with Crippen LogP contribution in [0.1, 0.15) is 25.5 Å². The first-order chi connectivity index (χ1) is 8.60. The Morgan fingerprint density at radius 3 is 2.61 bits per heavy atom. The van der Waals surface area contributed by atoms with Crippen LogP contribution in [0.2, 0.25) is 0 Å². The summed E-state index contributed by atoms with van der Waals surface area (Å²) >= 11 is 0. The fraction of sp³-hybridized carbons (Fsp3) is 0.692. The van der Waals surface area contributed by atoms with Crippen LogP contribution in [0.15, 0.2) is 6.07 Å². The number of anilines is 1. The van der Waals surface area contributed by atoms with Crippen molar-refractivity contribution in [1.82, 2.24) is 9.97 Å². The maximum absolute atomic E-state index is 5.95. The van der Waals surface area contributed by atoms with Gasteiger partial charge in [0.05, 0.1) is 7.11 Å². The Kier molecular flexibility index (Phi) is 4.01. The van der Waals surface area contributed by atoms with Crippen LogP contribution in [0.3, 0.4) is 0 Å². The van der Waals surface area contributed by atoms with Crippen LogP contribution in [0.25, 0.3) is 0 Å². The molecule has 1 unspecified atom stereocenters. The van der Waals surface area contributed by atoms with Crippen LogP contribution in [-0.4, -0.2) is 36.2 Å². The molecule has 0 bridgehead atoms. The fourth-order valence-electron chi connectivity index (χ4n) is 2.40. The number of piperidine rings is 1. The summed E-state index contributed by atoms with van der Waals surface area (Å²) in [7, 11) is 1.63. The van der Waals surface area contributed by atoms with Crippen molar-refractivity contribution in [2.75, 3.05) is 25.1 Å². The monoisotopic (exact) mass is 250 g/mol. The van der Waals surface area contributed by atoms with E-state index in [4.69, 9.17) is 10.5 Å². The molecule has 5 nitrogen and oxygen atoms in total. The first-order valence-electron chi connectivity index (χ1n) is 6.50. The van der Waals surface area contributed by atoms with E-state index in [1.807, 2.05) is 13.0 Å². The minimum Gasteiger partial charge on any atom is -0.481 e. The normalized spacial score (nSPS) is 18.8. The van der Waals surface area contributed by atoms with Crippen LogP contribution in [0.4, 0.5) is 5.95 Å². The van der Waals surface area contributed by atoms with E-state index >= 15 is 0 Å². The van der Waals surface area contributed by atoms with Crippen LogP contribution < -0.4 is 15.4 Å². The van der Waals surface area contributed by atoms with Crippen LogP contribution in [0.5, 0.6) is 5.88 Å². The van der Waals surface area contributed by atoms with Crippen molar-refractivity contribution >= 4 is 5.95 Å². The molecule has 1 aliphatic rings. The number of aromatic nitrogens is 2. The third-order valence-electron chi connectivity index (χ3n) is 3.59. The van der Waals surface area contributed by atoms with Gasteiger partial charge in [-0.2, -0.15) is 4.98 Å². The highest BCUT2D eigenvalue weighted by Crippen LogP contribution is 2.23. The third-order valence-corrected chi connectivity index (χ3v) is 3.59. The molecule has 18 heavy (non-hydrogen) atoms. The van der Waals surface area contributed by atoms with E-state index in [-0.39, 0.29) is 6.04 Å². The highest BCUT2D eigenvalue weighted by atomic mass is 16.5. The predicted molar refractivity (Wildman–Crippen MR) is 71.9 cm³/mol. The van der Waals surface area contributed by atoms with Gasteiger partial charge in [-0.1, -0.05) is 0 Å². The molecule has 1 saturated heterocycles. The van der Waals surface area contributed by atoms with E-state index in [1.165, 1.54) is 0 Å². The lowest BCUT2D eigenvalue weighted by Gasteiger charge is -2.33. The highest BCUT2D eigenvalue weighted by molar-refractivity contribution is 5.34. The summed E-state index contributed by atoms with van der Waals surface area (Å²) in [5, 5.41) is 0. The topological polar surface area (TPSA) is 64.3 Å². The second kappa shape index (κ2) is 5.52. The lowest BCUT2D eigenvalue weighted by Crippen LogP contribution is -2.40. The molecule has 100 valence electrons. The van der Waals surface area contributed by atoms with Crippen molar-refractivity contribution in [1.29, 1.82) is 0 Å². The Morgan fingerprint density at radius 1 is 1.39 bits per heavy atom. The molecular formula is C13H22N4O. The SMILES string of the molecule is COc1cc(C)nc(N2CCC(C(C)N)CC2)n1. The van der Waals surface area contributed by atoms with Crippen molar-refractivity contribution in [2.24, 2.45) is 11.7 Å². The first kappa shape index (κ1) is 13.1. The molecule has 5 heteroatoms. The highest BCUT2D eigenvalue weighted by Gasteiger charge is 2.23. The lowest BCUT2D eigenvalue weighted by atomic mass is 9.91.